The number of imidazole rings is 1. The van der Waals surface area contributed by atoms with Gasteiger partial charge in [0.25, 0.3) is 5.56 Å². The Morgan fingerprint density at radius 2 is 1.75 bits per heavy atom. The summed E-state index contributed by atoms with van der Waals surface area (Å²) >= 11 is 6.52. The van der Waals surface area contributed by atoms with Gasteiger partial charge in [0.2, 0.25) is 20.9 Å². The number of hydrogen-bond donors (Lipinski definition) is 0. The largest absolute Gasteiger partial charge is 0.342 e. The molecule has 0 unspecified atom stereocenters. The van der Waals surface area contributed by atoms with Gasteiger partial charge in [-0.1, -0.05) is 73.5 Å². The molecule has 8 nitrogen and oxygen atoms in total. The molecule has 2 aromatic heterocycles. The lowest BCUT2D eigenvalue weighted by Crippen LogP contribution is -2.37. The van der Waals surface area contributed by atoms with Gasteiger partial charge in [0.1, 0.15) is 0 Å². The lowest BCUT2D eigenvalue weighted by atomic mass is 9.96. The van der Waals surface area contributed by atoms with Crippen LogP contribution in [-0.2, 0) is 23.4 Å². The molecule has 1 fully saturated rings. The standard InChI is InChI=1S/C30H30ClN5O3S/c1-3-20-9-8-16-35(18-20)29-32-27-26(36(29)19-23-12-6-7-13-25(23)31)28(37)34(2)30(33-27)40(38,39)24-15-14-21-10-4-5-11-22(21)17-24/h4-7,10-15,17,20H,3,8-9,16,18-19H2,1-2H3/t20-/m1/s1. The van der Waals surface area contributed by atoms with Gasteiger partial charge in [0, 0.05) is 25.2 Å². The minimum Gasteiger partial charge on any atom is -0.342 e. The molecule has 10 heteroatoms. The van der Waals surface area contributed by atoms with Crippen LogP contribution in [0.25, 0.3) is 21.9 Å². The number of nitrogens with zero attached hydrogens (tertiary/aromatic N) is 5. The van der Waals surface area contributed by atoms with Crippen molar-refractivity contribution in [3.63, 3.8) is 0 Å². The van der Waals surface area contributed by atoms with Crippen molar-refractivity contribution in [2.24, 2.45) is 13.0 Å². The number of rotatable bonds is 6. The number of benzene rings is 3. The van der Waals surface area contributed by atoms with E-state index in [0.29, 0.717) is 23.4 Å². The Kier molecular flexibility index (Phi) is 6.88. The van der Waals surface area contributed by atoms with E-state index in [-0.39, 0.29) is 21.2 Å². The molecule has 0 amide bonds. The van der Waals surface area contributed by atoms with Crippen molar-refractivity contribution in [1.82, 2.24) is 19.1 Å². The number of fused-ring (bicyclic) bond motifs is 2. The molecule has 40 heavy (non-hydrogen) atoms. The van der Waals surface area contributed by atoms with Crippen LogP contribution in [-0.4, -0.2) is 40.6 Å². The van der Waals surface area contributed by atoms with Crippen LogP contribution in [0.15, 0.2) is 81.6 Å². The van der Waals surface area contributed by atoms with E-state index in [1.54, 1.807) is 18.2 Å². The lowest BCUT2D eigenvalue weighted by Gasteiger charge is -2.33. The van der Waals surface area contributed by atoms with Gasteiger partial charge in [-0.25, -0.2) is 8.42 Å². The van der Waals surface area contributed by atoms with Crippen LogP contribution in [0.2, 0.25) is 5.02 Å². The van der Waals surface area contributed by atoms with Crippen molar-refractivity contribution in [1.29, 1.82) is 0 Å². The summed E-state index contributed by atoms with van der Waals surface area (Å²) in [6.07, 6.45) is 3.21. The summed E-state index contributed by atoms with van der Waals surface area (Å²) in [5.41, 5.74) is 0.736. The number of sulfone groups is 1. The molecule has 1 aliphatic rings. The minimum atomic E-state index is -4.11. The topological polar surface area (TPSA) is 90.1 Å². The molecule has 5 aromatic rings. The fourth-order valence-electron chi connectivity index (χ4n) is 5.58. The zero-order valence-electron chi connectivity index (χ0n) is 22.4. The van der Waals surface area contributed by atoms with Gasteiger partial charge in [-0.15, -0.1) is 0 Å². The average Bonchev–Trinajstić information content (AvgIpc) is 3.34. The van der Waals surface area contributed by atoms with Crippen molar-refractivity contribution in [2.75, 3.05) is 18.0 Å². The number of anilines is 1. The SMILES string of the molecule is CC[C@@H]1CCCN(c2nc3nc(S(=O)(=O)c4ccc5ccccc5c4)n(C)c(=O)c3n2Cc2ccccc2Cl)C1. The second-order valence-corrected chi connectivity index (χ2v) is 12.6. The second-order valence-electron chi connectivity index (χ2n) is 10.4. The Balaban J connectivity index is 1.54. The van der Waals surface area contributed by atoms with Gasteiger partial charge in [-0.3, -0.25) is 13.9 Å². The normalized spacial score (nSPS) is 16.2. The van der Waals surface area contributed by atoms with E-state index in [9.17, 15) is 13.2 Å². The predicted octanol–water partition coefficient (Wildman–Crippen LogP) is 5.44. The first-order valence-electron chi connectivity index (χ1n) is 13.5. The molecule has 0 spiro atoms. The van der Waals surface area contributed by atoms with E-state index < -0.39 is 15.4 Å². The van der Waals surface area contributed by atoms with E-state index in [4.69, 9.17) is 16.6 Å². The molecule has 0 aliphatic carbocycles. The molecule has 3 aromatic carbocycles. The van der Waals surface area contributed by atoms with Crippen molar-refractivity contribution >= 4 is 49.3 Å². The molecule has 206 valence electrons. The molecule has 1 aliphatic heterocycles. The van der Waals surface area contributed by atoms with Crippen molar-refractivity contribution in [3.05, 3.63) is 87.7 Å². The maximum Gasteiger partial charge on any atom is 0.280 e. The van der Waals surface area contributed by atoms with Crippen LogP contribution in [0.3, 0.4) is 0 Å². The molecule has 1 atom stereocenters. The van der Waals surface area contributed by atoms with E-state index in [0.717, 1.165) is 53.3 Å². The molecule has 0 bridgehead atoms. The highest BCUT2D eigenvalue weighted by Gasteiger charge is 2.30. The van der Waals surface area contributed by atoms with Gasteiger partial charge in [-0.05, 0) is 53.3 Å². The quantitative estimate of drug-likeness (QED) is 0.250. The monoisotopic (exact) mass is 575 g/mol. The van der Waals surface area contributed by atoms with E-state index in [1.807, 2.05) is 53.1 Å². The maximum atomic E-state index is 13.9. The Bertz CT molecular complexity index is 1910. The number of halogens is 1. The summed E-state index contributed by atoms with van der Waals surface area (Å²) in [5.74, 6) is 1.12. The first-order chi connectivity index (χ1) is 19.3. The van der Waals surface area contributed by atoms with E-state index in [2.05, 4.69) is 16.8 Å². The summed E-state index contributed by atoms with van der Waals surface area (Å²) in [4.78, 5) is 25.5. The zero-order valence-corrected chi connectivity index (χ0v) is 24.0. The lowest BCUT2D eigenvalue weighted by molar-refractivity contribution is 0.399. The van der Waals surface area contributed by atoms with Crippen LogP contribution in [0.4, 0.5) is 5.95 Å². The predicted molar refractivity (Wildman–Crippen MR) is 158 cm³/mol. The van der Waals surface area contributed by atoms with E-state index in [1.165, 1.54) is 7.05 Å². The fourth-order valence-corrected chi connectivity index (χ4v) is 7.16. The van der Waals surface area contributed by atoms with Crippen LogP contribution < -0.4 is 10.5 Å². The van der Waals surface area contributed by atoms with Crippen molar-refractivity contribution in [2.45, 2.75) is 42.8 Å². The Hall–Kier alpha value is -3.69. The number of aromatic nitrogens is 4. The van der Waals surface area contributed by atoms with Gasteiger partial charge in [-0.2, -0.15) is 9.97 Å². The summed E-state index contributed by atoms with van der Waals surface area (Å²) in [6, 6.07) is 19.9. The van der Waals surface area contributed by atoms with Crippen LogP contribution >= 0.6 is 11.6 Å². The highest BCUT2D eigenvalue weighted by molar-refractivity contribution is 7.91. The summed E-state index contributed by atoms with van der Waals surface area (Å²) in [7, 11) is -2.67. The van der Waals surface area contributed by atoms with Crippen LogP contribution in [0.1, 0.15) is 31.7 Å². The second kappa shape index (κ2) is 10.4. The number of hydrogen-bond acceptors (Lipinski definition) is 6. The summed E-state index contributed by atoms with van der Waals surface area (Å²) < 4.78 is 30.6. The molecule has 6 rings (SSSR count). The summed E-state index contributed by atoms with van der Waals surface area (Å²) in [5, 5.41) is 1.96. The zero-order chi connectivity index (χ0) is 28.0. The highest BCUT2D eigenvalue weighted by atomic mass is 35.5. The smallest absolute Gasteiger partial charge is 0.280 e. The van der Waals surface area contributed by atoms with E-state index >= 15 is 0 Å². The Morgan fingerprint density at radius 3 is 2.52 bits per heavy atom. The Labute approximate surface area is 237 Å². The maximum absolute atomic E-state index is 13.9. The average molecular weight is 576 g/mol. The van der Waals surface area contributed by atoms with Crippen LogP contribution in [0.5, 0.6) is 0 Å². The highest BCUT2D eigenvalue weighted by Crippen LogP contribution is 2.30. The summed E-state index contributed by atoms with van der Waals surface area (Å²) in [6.45, 7) is 4.10. The molecule has 1 saturated heterocycles. The first-order valence-corrected chi connectivity index (χ1v) is 15.3. The molecule has 0 N–H and O–H groups in total. The van der Waals surface area contributed by atoms with Crippen LogP contribution in [0, 0.1) is 5.92 Å². The van der Waals surface area contributed by atoms with Gasteiger partial charge < -0.3 is 4.90 Å². The van der Waals surface area contributed by atoms with Crippen molar-refractivity contribution in [3.8, 4) is 0 Å². The minimum absolute atomic E-state index is 0.0746. The van der Waals surface area contributed by atoms with Gasteiger partial charge >= 0.3 is 0 Å². The molecular weight excluding hydrogens is 546 g/mol. The first kappa shape index (κ1) is 26.5. The molecule has 0 radical (unpaired) electrons. The van der Waals surface area contributed by atoms with Crippen molar-refractivity contribution < 1.29 is 8.42 Å². The Morgan fingerprint density at radius 1 is 1.00 bits per heavy atom. The fraction of sp³-hybridized carbons (Fsp3) is 0.300. The third kappa shape index (κ3) is 4.57. The third-order valence-electron chi connectivity index (χ3n) is 7.86. The molecular formula is C30H30ClN5O3S. The molecule has 0 saturated carbocycles. The third-order valence-corrected chi connectivity index (χ3v) is 9.95. The van der Waals surface area contributed by atoms with Gasteiger partial charge in [0.05, 0.1) is 11.4 Å². The number of piperidine rings is 1. The molecule has 3 heterocycles. The van der Waals surface area contributed by atoms with Gasteiger partial charge in [0.15, 0.2) is 11.2 Å².